The van der Waals surface area contributed by atoms with Crippen molar-refractivity contribution < 1.29 is 9.47 Å². The van der Waals surface area contributed by atoms with E-state index < -0.39 is 0 Å². The molecule has 10 heteroatoms. The molecule has 7 aromatic carbocycles. The first kappa shape index (κ1) is 52.8. The summed E-state index contributed by atoms with van der Waals surface area (Å²) < 4.78 is 20.6. The Kier molecular flexibility index (Phi) is 11.7. The molecule has 426 valence electrons. The molecular weight excluding hydrogens is 1070 g/mol. The molecule has 4 aliphatic heterocycles. The van der Waals surface area contributed by atoms with Crippen LogP contribution in [0.3, 0.4) is 0 Å². The van der Waals surface area contributed by atoms with Crippen LogP contribution in [0.5, 0.6) is 23.0 Å². The van der Waals surface area contributed by atoms with Crippen molar-refractivity contribution in [1.82, 2.24) is 29.1 Å². The molecule has 13 aromatic rings. The second-order valence-corrected chi connectivity index (χ2v) is 26.2. The first-order valence-corrected chi connectivity index (χ1v) is 31.8. The van der Waals surface area contributed by atoms with Crippen molar-refractivity contribution in [2.75, 3.05) is 0 Å². The van der Waals surface area contributed by atoms with Crippen LogP contribution in [0.2, 0.25) is 0 Å². The van der Waals surface area contributed by atoms with Gasteiger partial charge < -0.3 is 18.6 Å². The summed E-state index contributed by atoms with van der Waals surface area (Å²) in [4.78, 5) is 23.0. The van der Waals surface area contributed by atoms with Gasteiger partial charge in [-0.2, -0.15) is 0 Å². The predicted octanol–water partition coefficient (Wildman–Crippen LogP) is 15.6. The minimum atomic E-state index is -0.293. The van der Waals surface area contributed by atoms with Gasteiger partial charge in [0.25, 0.3) is 13.4 Å². The van der Waals surface area contributed by atoms with Crippen molar-refractivity contribution >= 4 is 90.3 Å². The Labute approximate surface area is 514 Å². The van der Waals surface area contributed by atoms with Gasteiger partial charge in [0.2, 0.25) is 0 Å². The van der Waals surface area contributed by atoms with Crippen LogP contribution >= 0.6 is 0 Å². The summed E-state index contributed by atoms with van der Waals surface area (Å²) in [5.41, 5.74) is 31.4. The zero-order valence-electron chi connectivity index (χ0n) is 51.5. The van der Waals surface area contributed by atoms with Crippen molar-refractivity contribution in [3.05, 3.63) is 203 Å². The average Bonchev–Trinajstić information content (AvgIpc) is 1.29. The van der Waals surface area contributed by atoms with Crippen molar-refractivity contribution in [2.45, 2.75) is 106 Å². The number of aryl methyl sites for hydroxylation is 2. The summed E-state index contributed by atoms with van der Waals surface area (Å²) in [6.45, 7) is 21.9. The van der Waals surface area contributed by atoms with Crippen LogP contribution in [-0.4, -0.2) is 42.5 Å². The third-order valence-corrected chi connectivity index (χ3v) is 19.7. The highest BCUT2D eigenvalue weighted by atomic mass is 16.5. The highest BCUT2D eigenvalue weighted by Crippen LogP contribution is 2.49. The molecule has 8 nitrogen and oxygen atoms in total. The van der Waals surface area contributed by atoms with Crippen LogP contribution in [0.1, 0.15) is 126 Å². The number of ether oxygens (including phenoxy) is 2. The van der Waals surface area contributed by atoms with Crippen LogP contribution in [0.15, 0.2) is 170 Å². The Hall–Kier alpha value is -9.53. The number of hydrogen-bond donors (Lipinski definition) is 0. The van der Waals surface area contributed by atoms with E-state index in [4.69, 9.17) is 29.4 Å². The Balaban J connectivity index is 1.03. The molecule has 4 aliphatic rings. The molecule has 0 fully saturated rings. The van der Waals surface area contributed by atoms with Gasteiger partial charge in [-0.3, -0.25) is 0 Å². The monoisotopic (exact) mass is 1140 g/mol. The molecule has 0 saturated heterocycles. The summed E-state index contributed by atoms with van der Waals surface area (Å²) in [6.07, 6.45) is 1.75. The van der Waals surface area contributed by atoms with Gasteiger partial charge in [-0.1, -0.05) is 191 Å². The fourth-order valence-electron chi connectivity index (χ4n) is 14.8. The van der Waals surface area contributed by atoms with Gasteiger partial charge in [0.1, 0.15) is 45.1 Å². The lowest BCUT2D eigenvalue weighted by Crippen LogP contribution is -2.63. The zero-order valence-corrected chi connectivity index (χ0v) is 51.5. The Morgan fingerprint density at radius 3 is 1.01 bits per heavy atom. The third kappa shape index (κ3) is 7.66. The van der Waals surface area contributed by atoms with E-state index in [9.17, 15) is 0 Å². The minimum Gasteiger partial charge on any atom is -0.456 e. The second kappa shape index (κ2) is 19.5. The lowest BCUT2D eigenvalue weighted by molar-refractivity contribution is 0.472. The normalized spacial score (nSPS) is 13.3. The molecular formula is C78H66B2N6O2. The van der Waals surface area contributed by atoms with Gasteiger partial charge in [-0.05, 0) is 140 Å². The predicted molar refractivity (Wildman–Crippen MR) is 366 cm³/mol. The summed E-state index contributed by atoms with van der Waals surface area (Å²) in [6, 6.07) is 63.2. The Morgan fingerprint density at radius 1 is 0.352 bits per heavy atom. The van der Waals surface area contributed by atoms with Crippen molar-refractivity contribution in [1.29, 1.82) is 0 Å². The minimum absolute atomic E-state index is 0.293. The van der Waals surface area contributed by atoms with E-state index in [2.05, 4.69) is 248 Å². The first-order chi connectivity index (χ1) is 42.8. The summed E-state index contributed by atoms with van der Waals surface area (Å²) in [5, 5.41) is 0. The zero-order chi connectivity index (χ0) is 59.7. The molecule has 0 amide bonds. The van der Waals surface area contributed by atoms with E-state index in [1.807, 2.05) is 0 Å². The standard InChI is InChI=1S/C78H66B2N6O2/c1-11-45-13-35-65-55(37-45)79-57-39-61(53-27-19-49(20-28-53)43(7)8)83-71-69-63(33-31-59(81-69)51-23-15-47(16-24-51)41(3)4)85(73(57)71)75-67(79)77(87-65)76-68-78(75)88-66-36-14-46(12-2)38-56(66)80(68)58-40-62(54-29-21-50(22-30-54)44(9)10)84-72-70-64(86(76)74(58)72)34-32-60(82-70)52-25-17-48(18-26-52)42(5)6/h13-44H,11-12H2,1-10H3. The van der Waals surface area contributed by atoms with E-state index in [1.165, 1.54) is 33.4 Å². The van der Waals surface area contributed by atoms with Gasteiger partial charge >= 0.3 is 0 Å². The number of nitrogens with zero attached hydrogens (tertiary/aromatic N) is 6. The molecule has 0 saturated carbocycles. The lowest BCUT2D eigenvalue weighted by atomic mass is 9.31. The van der Waals surface area contributed by atoms with Crippen LogP contribution in [0.25, 0.3) is 101 Å². The van der Waals surface area contributed by atoms with Crippen molar-refractivity contribution in [3.63, 3.8) is 0 Å². The molecule has 17 rings (SSSR count). The van der Waals surface area contributed by atoms with Crippen molar-refractivity contribution in [3.8, 4) is 79.4 Å². The maximum Gasteiger partial charge on any atom is 0.256 e. The van der Waals surface area contributed by atoms with Crippen LogP contribution in [-0.2, 0) is 12.8 Å². The number of benzene rings is 7. The van der Waals surface area contributed by atoms with Gasteiger partial charge in [-0.25, -0.2) is 19.9 Å². The van der Waals surface area contributed by atoms with E-state index in [1.54, 1.807) is 0 Å². The first-order valence-electron chi connectivity index (χ1n) is 31.8. The molecule has 6 aromatic heterocycles. The molecule has 0 bridgehead atoms. The number of pyridine rings is 4. The van der Waals surface area contributed by atoms with Crippen LogP contribution in [0.4, 0.5) is 0 Å². The average molecular weight is 1140 g/mol. The summed E-state index contributed by atoms with van der Waals surface area (Å²) >= 11 is 0. The maximum atomic E-state index is 7.83. The second-order valence-electron chi connectivity index (χ2n) is 26.2. The fourth-order valence-corrected chi connectivity index (χ4v) is 14.8. The molecule has 0 radical (unpaired) electrons. The molecule has 10 heterocycles. The van der Waals surface area contributed by atoms with E-state index in [-0.39, 0.29) is 13.4 Å². The van der Waals surface area contributed by atoms with E-state index in [0.29, 0.717) is 23.7 Å². The van der Waals surface area contributed by atoms with Gasteiger partial charge in [0.05, 0.1) is 56.2 Å². The highest BCUT2D eigenvalue weighted by molar-refractivity contribution is 7.02. The third-order valence-electron chi connectivity index (χ3n) is 19.7. The van der Waals surface area contributed by atoms with Gasteiger partial charge in [0, 0.05) is 33.2 Å². The van der Waals surface area contributed by atoms with Crippen LogP contribution < -0.4 is 42.3 Å². The Bertz CT molecular complexity index is 4790. The molecule has 0 unspecified atom stereocenters. The topological polar surface area (TPSA) is 79.9 Å². The number of fused-ring (bicyclic) bond motifs is 16. The number of hydrogen-bond acceptors (Lipinski definition) is 6. The van der Waals surface area contributed by atoms with Gasteiger partial charge in [-0.15, -0.1) is 0 Å². The summed E-state index contributed by atoms with van der Waals surface area (Å²) in [5.74, 6) is 4.89. The van der Waals surface area contributed by atoms with Crippen LogP contribution in [0, 0.1) is 0 Å². The van der Waals surface area contributed by atoms with Gasteiger partial charge in [0.15, 0.2) is 0 Å². The Morgan fingerprint density at radius 2 is 0.682 bits per heavy atom. The smallest absolute Gasteiger partial charge is 0.256 e. The number of aromatic nitrogens is 6. The lowest BCUT2D eigenvalue weighted by Gasteiger charge is -2.41. The largest absolute Gasteiger partial charge is 0.456 e. The SMILES string of the molecule is CCc1ccc2c(c1)B1c3c(c4c5c(c3-n3c6ccc(-c7ccc(C(C)C)cc7)nc6c6nc(-c7ccc(C(C)C)cc7)cc1c63)Oc1ccc(CC)cc1B5c1cc(-c3ccc(C(C)C)cc3)nc3c5nc(-c6ccc(C(C)C)cc6)ccc5n-4c13)O2. The van der Waals surface area contributed by atoms with E-state index in [0.717, 1.165) is 169 Å². The molecule has 0 atom stereocenters. The molecule has 88 heavy (non-hydrogen) atoms. The highest BCUT2D eigenvalue weighted by Gasteiger charge is 2.51. The quantitative estimate of drug-likeness (QED) is 0.127. The van der Waals surface area contributed by atoms with Crippen molar-refractivity contribution in [2.24, 2.45) is 0 Å². The maximum absolute atomic E-state index is 7.83. The molecule has 0 spiro atoms. The molecule has 0 N–H and O–H groups in total. The molecule has 0 aliphatic carbocycles. The fraction of sp³-hybridized carbons (Fsp3) is 0.205. The van der Waals surface area contributed by atoms with E-state index >= 15 is 0 Å². The summed E-state index contributed by atoms with van der Waals surface area (Å²) in [7, 11) is 0. The number of rotatable bonds is 10.